The van der Waals surface area contributed by atoms with Gasteiger partial charge in [-0.1, -0.05) is 98.8 Å². The fourth-order valence-electron chi connectivity index (χ4n) is 5.97. The van der Waals surface area contributed by atoms with Crippen LogP contribution in [-0.2, 0) is 16.0 Å². The first-order chi connectivity index (χ1) is 19.0. The number of aliphatic carboxylic acids is 1. The van der Waals surface area contributed by atoms with Gasteiger partial charge in [0.1, 0.15) is 6.04 Å². The average Bonchev–Trinajstić information content (AvgIpc) is 2.98. The van der Waals surface area contributed by atoms with E-state index in [1.165, 1.54) is 69.1 Å². The van der Waals surface area contributed by atoms with Crippen molar-refractivity contribution < 1.29 is 19.5 Å². The van der Waals surface area contributed by atoms with E-state index in [9.17, 15) is 19.5 Å². The molecule has 2 aliphatic carbocycles. The number of hydrogen-bond donors (Lipinski definition) is 2. The van der Waals surface area contributed by atoms with Gasteiger partial charge in [-0.15, -0.1) is 0 Å². The molecule has 7 heteroatoms. The number of carbonyl (C=O) groups is 3. The topological polar surface area (TPSA) is 86.7 Å². The molecule has 0 spiro atoms. The number of hydrogen-bond acceptors (Lipinski definition) is 5. The normalized spacial score (nSPS) is 19.9. The first-order valence-electron chi connectivity index (χ1n) is 14.6. The van der Waals surface area contributed by atoms with Gasteiger partial charge >= 0.3 is 5.97 Å². The molecule has 0 bridgehead atoms. The van der Waals surface area contributed by atoms with E-state index in [1.54, 1.807) is 36.4 Å². The van der Waals surface area contributed by atoms with Gasteiger partial charge in [0.2, 0.25) is 11.0 Å². The number of carboxylic acids is 1. The highest BCUT2D eigenvalue weighted by atomic mass is 32.2. The third kappa shape index (κ3) is 8.67. The summed E-state index contributed by atoms with van der Waals surface area (Å²) in [7, 11) is 0. The number of carboxylic acid groups (broad SMARTS) is 1. The summed E-state index contributed by atoms with van der Waals surface area (Å²) >= 11 is 1.08. The summed E-state index contributed by atoms with van der Waals surface area (Å²) in [5.74, 6) is -0.948. The number of benzene rings is 2. The molecule has 2 N–H and O–H groups in total. The van der Waals surface area contributed by atoms with Crippen molar-refractivity contribution in [3.05, 3.63) is 65.7 Å². The molecule has 1 aliphatic heterocycles. The van der Waals surface area contributed by atoms with Crippen LogP contribution in [0.15, 0.2) is 54.6 Å². The predicted octanol–water partition coefficient (Wildman–Crippen LogP) is 6.62. The van der Waals surface area contributed by atoms with Crippen molar-refractivity contribution in [3.8, 4) is 0 Å². The molecule has 5 rings (SSSR count). The van der Waals surface area contributed by atoms with Crippen LogP contribution in [0, 0.1) is 0 Å². The Kier molecular flexibility index (Phi) is 11.5. The molecule has 210 valence electrons. The van der Waals surface area contributed by atoms with Crippen LogP contribution < -0.4 is 10.2 Å². The maximum Gasteiger partial charge on any atom is 0.326 e. The van der Waals surface area contributed by atoms with Gasteiger partial charge in [0.25, 0.3) is 0 Å². The number of fused-ring (bicyclic) bond motifs is 1. The minimum atomic E-state index is -0.999. The molecule has 39 heavy (non-hydrogen) atoms. The van der Waals surface area contributed by atoms with Gasteiger partial charge in [-0.2, -0.15) is 0 Å². The third-order valence-electron chi connectivity index (χ3n) is 8.04. The van der Waals surface area contributed by atoms with Gasteiger partial charge in [0.05, 0.1) is 0 Å². The molecular weight excluding hydrogens is 508 g/mol. The van der Waals surface area contributed by atoms with Crippen molar-refractivity contribution in [2.75, 3.05) is 10.7 Å². The monoisotopic (exact) mass is 550 g/mol. The summed E-state index contributed by atoms with van der Waals surface area (Å²) in [5, 5.41) is 13.3. The van der Waals surface area contributed by atoms with Crippen LogP contribution in [0.5, 0.6) is 0 Å². The Morgan fingerprint density at radius 1 is 0.795 bits per heavy atom. The first-order valence-corrected chi connectivity index (χ1v) is 15.6. The second kappa shape index (κ2) is 15.2. The number of amides is 1. The van der Waals surface area contributed by atoms with Crippen LogP contribution in [0.1, 0.15) is 93.0 Å². The molecule has 3 aliphatic rings. The smallest absolute Gasteiger partial charge is 0.326 e. The van der Waals surface area contributed by atoms with E-state index in [4.69, 9.17) is 0 Å². The van der Waals surface area contributed by atoms with E-state index in [0.717, 1.165) is 29.4 Å². The van der Waals surface area contributed by atoms with Crippen LogP contribution in [0.2, 0.25) is 0 Å². The van der Waals surface area contributed by atoms with Crippen molar-refractivity contribution in [2.24, 2.45) is 0 Å². The Morgan fingerprint density at radius 2 is 1.38 bits per heavy atom. The van der Waals surface area contributed by atoms with Gasteiger partial charge in [0.15, 0.2) is 0 Å². The van der Waals surface area contributed by atoms with Gasteiger partial charge in [0, 0.05) is 35.5 Å². The van der Waals surface area contributed by atoms with Gasteiger partial charge in [-0.25, -0.2) is 4.79 Å². The Balaban J connectivity index is 0.000000226. The SMILES string of the molecule is C1CCC(NC2CCCCC2)CC1.O=C(SCCC(=O)N1c2ccccc2CCC1C(=O)O)c1ccccc1. The molecule has 2 aromatic carbocycles. The summed E-state index contributed by atoms with van der Waals surface area (Å²) in [6.45, 7) is 0. The number of para-hydroxylation sites is 1. The van der Waals surface area contributed by atoms with Crippen LogP contribution in [0.3, 0.4) is 0 Å². The predicted molar refractivity (Wildman–Crippen MR) is 158 cm³/mol. The van der Waals surface area contributed by atoms with Gasteiger partial charge in [-0.05, 0) is 50.2 Å². The Morgan fingerprint density at radius 3 is 2.00 bits per heavy atom. The lowest BCUT2D eigenvalue weighted by Gasteiger charge is -2.34. The molecule has 2 saturated carbocycles. The zero-order valence-corrected chi connectivity index (χ0v) is 23.7. The molecule has 1 heterocycles. The van der Waals surface area contributed by atoms with E-state index in [1.807, 2.05) is 18.2 Å². The molecule has 2 fully saturated rings. The summed E-state index contributed by atoms with van der Waals surface area (Å²) in [4.78, 5) is 37.8. The highest BCUT2D eigenvalue weighted by Crippen LogP contribution is 2.31. The Hall–Kier alpha value is -2.64. The Bertz CT molecular complexity index is 1060. The average molecular weight is 551 g/mol. The van der Waals surface area contributed by atoms with Crippen LogP contribution >= 0.6 is 11.8 Å². The van der Waals surface area contributed by atoms with Gasteiger partial charge < -0.3 is 10.4 Å². The molecular formula is C32H42N2O4S. The van der Waals surface area contributed by atoms with Gasteiger partial charge in [-0.3, -0.25) is 14.5 Å². The first kappa shape index (κ1) is 29.3. The standard InChI is InChI=1S/C20H19NO4S.C12H23N/c22-18(12-13-26-20(25)15-7-2-1-3-8-15)21-16-9-5-4-6-14(16)10-11-17(21)19(23)24;1-3-7-11(8-4-1)13-12-9-5-2-6-10-12/h1-9,17H,10-13H2,(H,23,24);11-13H,1-10H2. The number of thioether (sulfide) groups is 1. The molecule has 1 amide bonds. The zero-order chi connectivity index (χ0) is 27.5. The fraction of sp³-hybridized carbons (Fsp3) is 0.531. The number of rotatable bonds is 7. The number of nitrogens with one attached hydrogen (secondary N) is 1. The summed E-state index contributed by atoms with van der Waals surface area (Å²) < 4.78 is 0. The fourth-order valence-corrected chi connectivity index (χ4v) is 6.73. The maximum absolute atomic E-state index is 12.7. The second-order valence-corrected chi connectivity index (χ2v) is 11.9. The molecule has 1 atom stereocenters. The van der Waals surface area contributed by atoms with E-state index < -0.39 is 12.0 Å². The van der Waals surface area contributed by atoms with Crippen molar-refractivity contribution >= 4 is 34.4 Å². The molecule has 6 nitrogen and oxygen atoms in total. The molecule has 0 saturated heterocycles. The largest absolute Gasteiger partial charge is 0.480 e. The van der Waals surface area contributed by atoms with E-state index >= 15 is 0 Å². The lowest BCUT2D eigenvalue weighted by molar-refractivity contribution is -0.140. The highest BCUT2D eigenvalue weighted by Gasteiger charge is 2.35. The minimum absolute atomic E-state index is 0.0905. The van der Waals surface area contributed by atoms with Crippen LogP contribution in [0.25, 0.3) is 0 Å². The second-order valence-electron chi connectivity index (χ2n) is 10.9. The lowest BCUT2D eigenvalue weighted by atomic mass is 9.91. The third-order valence-corrected chi connectivity index (χ3v) is 8.95. The molecule has 1 unspecified atom stereocenters. The number of anilines is 1. The molecule has 0 aromatic heterocycles. The van der Waals surface area contributed by atoms with E-state index in [-0.39, 0.29) is 17.4 Å². The molecule has 0 radical (unpaired) electrons. The lowest BCUT2D eigenvalue weighted by Crippen LogP contribution is -2.48. The number of carbonyl (C=O) groups excluding carboxylic acids is 2. The van der Waals surface area contributed by atoms with Crippen molar-refractivity contribution in [3.63, 3.8) is 0 Å². The number of nitrogens with zero attached hydrogens (tertiary/aromatic N) is 1. The number of aryl methyl sites for hydroxylation is 1. The van der Waals surface area contributed by atoms with Crippen LogP contribution in [-0.4, -0.2) is 46.0 Å². The van der Waals surface area contributed by atoms with Crippen molar-refractivity contribution in [2.45, 2.75) is 102 Å². The molecule has 2 aromatic rings. The van der Waals surface area contributed by atoms with Crippen LogP contribution in [0.4, 0.5) is 5.69 Å². The van der Waals surface area contributed by atoms with E-state index in [2.05, 4.69) is 5.32 Å². The van der Waals surface area contributed by atoms with Crippen molar-refractivity contribution in [1.82, 2.24) is 5.32 Å². The summed E-state index contributed by atoms with van der Waals surface area (Å²) in [5.41, 5.74) is 2.23. The van der Waals surface area contributed by atoms with E-state index in [0.29, 0.717) is 29.8 Å². The summed E-state index contributed by atoms with van der Waals surface area (Å²) in [6, 6.07) is 17.2. The zero-order valence-electron chi connectivity index (χ0n) is 22.9. The maximum atomic E-state index is 12.7. The van der Waals surface area contributed by atoms with Crippen molar-refractivity contribution in [1.29, 1.82) is 0 Å². The Labute approximate surface area is 236 Å². The minimum Gasteiger partial charge on any atom is -0.480 e. The highest BCUT2D eigenvalue weighted by molar-refractivity contribution is 8.14. The quantitative estimate of drug-likeness (QED) is 0.403. The summed E-state index contributed by atoms with van der Waals surface area (Å²) in [6.07, 6.45) is 15.7.